The van der Waals surface area contributed by atoms with Crippen molar-refractivity contribution in [3.8, 4) is 0 Å². The number of nitrogens with zero attached hydrogens (tertiary/aromatic N) is 1. The van der Waals surface area contributed by atoms with Crippen molar-refractivity contribution in [3.63, 3.8) is 0 Å². The molecule has 0 bridgehead atoms. The minimum atomic E-state index is 0. The average Bonchev–Trinajstić information content (AvgIpc) is 2.55. The van der Waals surface area contributed by atoms with Crippen LogP contribution in [-0.4, -0.2) is 68.8 Å². The Hall–Kier alpha value is -0.690. The predicted molar refractivity (Wildman–Crippen MR) is 105 cm³/mol. The molecule has 0 aromatic rings. The van der Waals surface area contributed by atoms with Gasteiger partial charge in [-0.2, -0.15) is 0 Å². The first-order valence-electron chi connectivity index (χ1n) is 9.03. The summed E-state index contributed by atoms with van der Waals surface area (Å²) in [6, 6.07) is 1.04. The first-order chi connectivity index (χ1) is 11.0. The van der Waals surface area contributed by atoms with E-state index >= 15 is 0 Å². The summed E-state index contributed by atoms with van der Waals surface area (Å²) in [4.78, 5) is 14.1. The van der Waals surface area contributed by atoms with Crippen LogP contribution < -0.4 is 16.4 Å². The average molecular weight is 339 g/mol. The molecule has 1 amide bonds. The molecule has 0 aromatic heterocycles. The molecule has 23 heavy (non-hydrogen) atoms. The molecule has 0 saturated heterocycles. The highest BCUT2D eigenvalue weighted by molar-refractivity contribution is 5.77. The van der Waals surface area contributed by atoms with Crippen LogP contribution in [0.4, 0.5) is 0 Å². The van der Waals surface area contributed by atoms with E-state index < -0.39 is 0 Å². The SMILES string of the molecule is CC.CCC(C)N(CCNC(=O)CNCCOCCN)C(C)C.[HH].[HH].[HH]. The molecular formula is C17H46N4O2. The Kier molecular flexibility index (Phi) is 18.9. The minimum Gasteiger partial charge on any atom is -0.379 e. The summed E-state index contributed by atoms with van der Waals surface area (Å²) in [5.41, 5.74) is 5.31. The molecule has 4 N–H and O–H groups in total. The third-order valence-corrected chi connectivity index (χ3v) is 3.48. The van der Waals surface area contributed by atoms with E-state index in [4.69, 9.17) is 10.5 Å². The van der Waals surface area contributed by atoms with Gasteiger partial charge < -0.3 is 21.1 Å². The van der Waals surface area contributed by atoms with Crippen LogP contribution in [0.15, 0.2) is 0 Å². The summed E-state index contributed by atoms with van der Waals surface area (Å²) in [5, 5.41) is 5.99. The Morgan fingerprint density at radius 3 is 2.39 bits per heavy atom. The topological polar surface area (TPSA) is 79.6 Å². The minimum absolute atomic E-state index is 0. The molecule has 0 rings (SSSR count). The van der Waals surface area contributed by atoms with Crippen molar-refractivity contribution in [2.24, 2.45) is 5.73 Å². The molecule has 0 spiro atoms. The number of nitrogens with one attached hydrogen (secondary N) is 2. The number of carbonyl (C=O) groups excluding carboxylic acids is 1. The van der Waals surface area contributed by atoms with Crippen LogP contribution in [0.5, 0.6) is 0 Å². The van der Waals surface area contributed by atoms with Crippen LogP contribution in [0, 0.1) is 0 Å². The van der Waals surface area contributed by atoms with Gasteiger partial charge in [-0.05, 0) is 27.2 Å². The molecule has 0 fully saturated rings. The fraction of sp³-hybridized carbons (Fsp3) is 0.941. The van der Waals surface area contributed by atoms with Crippen LogP contribution in [0.3, 0.4) is 0 Å². The maximum Gasteiger partial charge on any atom is 0.234 e. The Bertz CT molecular complexity index is 276. The fourth-order valence-corrected chi connectivity index (χ4v) is 2.14. The van der Waals surface area contributed by atoms with Crippen molar-refractivity contribution in [2.45, 2.75) is 60.0 Å². The lowest BCUT2D eigenvalue weighted by Crippen LogP contribution is -2.44. The summed E-state index contributed by atoms with van der Waals surface area (Å²) < 4.78 is 5.22. The van der Waals surface area contributed by atoms with Gasteiger partial charge in [-0.15, -0.1) is 0 Å². The molecule has 0 aliphatic heterocycles. The number of carbonyl (C=O) groups is 1. The van der Waals surface area contributed by atoms with Crippen molar-refractivity contribution in [1.82, 2.24) is 15.5 Å². The summed E-state index contributed by atoms with van der Waals surface area (Å²) >= 11 is 0. The Balaban J connectivity index is -0.000000283. The molecule has 0 aromatic carbocycles. The number of amides is 1. The second kappa shape index (κ2) is 17.7. The number of hydrogen-bond donors (Lipinski definition) is 3. The quantitative estimate of drug-likeness (QED) is 0.447. The van der Waals surface area contributed by atoms with Gasteiger partial charge in [0.25, 0.3) is 0 Å². The van der Waals surface area contributed by atoms with E-state index in [1.54, 1.807) is 0 Å². The Morgan fingerprint density at radius 2 is 1.87 bits per heavy atom. The number of ether oxygens (including phenoxy) is 1. The lowest BCUT2D eigenvalue weighted by atomic mass is 10.2. The molecule has 1 atom stereocenters. The van der Waals surface area contributed by atoms with Gasteiger partial charge in [0.15, 0.2) is 0 Å². The molecule has 6 nitrogen and oxygen atoms in total. The van der Waals surface area contributed by atoms with E-state index in [0.29, 0.717) is 51.5 Å². The molecule has 1 unspecified atom stereocenters. The van der Waals surface area contributed by atoms with Crippen LogP contribution in [0.2, 0.25) is 0 Å². The van der Waals surface area contributed by atoms with E-state index in [2.05, 4.69) is 43.2 Å². The summed E-state index contributed by atoms with van der Waals surface area (Å²) in [5.74, 6) is 0.0293. The Labute approximate surface area is 148 Å². The van der Waals surface area contributed by atoms with Crippen molar-refractivity contribution >= 4 is 5.91 Å². The number of nitrogens with two attached hydrogens (primary N) is 1. The molecule has 0 radical (unpaired) electrons. The summed E-state index contributed by atoms with van der Waals surface area (Å²) in [6.45, 7) is 17.0. The van der Waals surface area contributed by atoms with Gasteiger partial charge in [-0.25, -0.2) is 0 Å². The molecule has 0 aliphatic carbocycles. The smallest absolute Gasteiger partial charge is 0.234 e. The van der Waals surface area contributed by atoms with Crippen LogP contribution in [0.1, 0.15) is 52.2 Å². The first-order valence-corrected chi connectivity index (χ1v) is 9.03. The molecule has 146 valence electrons. The highest BCUT2D eigenvalue weighted by atomic mass is 16.5. The van der Waals surface area contributed by atoms with Crippen LogP contribution >= 0.6 is 0 Å². The normalized spacial score (nSPS) is 12.0. The molecular weight excluding hydrogens is 292 g/mol. The maximum absolute atomic E-state index is 11.7. The second-order valence-electron chi connectivity index (χ2n) is 5.52. The highest BCUT2D eigenvalue weighted by Crippen LogP contribution is 2.07. The fourth-order valence-electron chi connectivity index (χ4n) is 2.14. The third kappa shape index (κ3) is 14.6. The lowest BCUT2D eigenvalue weighted by Gasteiger charge is -2.32. The van der Waals surface area contributed by atoms with Crippen molar-refractivity contribution in [3.05, 3.63) is 0 Å². The third-order valence-electron chi connectivity index (χ3n) is 3.48. The van der Waals surface area contributed by atoms with E-state index in [9.17, 15) is 4.79 Å². The predicted octanol–water partition coefficient (Wildman–Crippen LogP) is 1.94. The molecule has 6 heteroatoms. The van der Waals surface area contributed by atoms with Crippen molar-refractivity contribution in [1.29, 1.82) is 0 Å². The number of rotatable bonds is 13. The summed E-state index contributed by atoms with van der Waals surface area (Å²) in [6.07, 6.45) is 1.12. The van der Waals surface area contributed by atoms with Crippen LogP contribution in [0.25, 0.3) is 0 Å². The molecule has 0 saturated carbocycles. The molecule has 0 aliphatic rings. The van der Waals surface area contributed by atoms with Gasteiger partial charge in [-0.3, -0.25) is 9.69 Å². The van der Waals surface area contributed by atoms with Gasteiger partial charge in [0, 0.05) is 42.5 Å². The van der Waals surface area contributed by atoms with E-state index in [-0.39, 0.29) is 10.2 Å². The largest absolute Gasteiger partial charge is 0.379 e. The monoisotopic (exact) mass is 338 g/mol. The van der Waals surface area contributed by atoms with Gasteiger partial charge in [0.1, 0.15) is 0 Å². The highest BCUT2D eigenvalue weighted by Gasteiger charge is 2.15. The molecule has 0 heterocycles. The van der Waals surface area contributed by atoms with E-state index in [1.807, 2.05) is 13.8 Å². The van der Waals surface area contributed by atoms with Gasteiger partial charge >= 0.3 is 0 Å². The zero-order valence-corrected chi connectivity index (χ0v) is 16.2. The van der Waals surface area contributed by atoms with Crippen molar-refractivity contribution < 1.29 is 13.8 Å². The lowest BCUT2D eigenvalue weighted by molar-refractivity contribution is -0.120. The Morgan fingerprint density at radius 1 is 1.22 bits per heavy atom. The van der Waals surface area contributed by atoms with Crippen molar-refractivity contribution in [2.75, 3.05) is 45.9 Å². The zero-order valence-electron chi connectivity index (χ0n) is 16.2. The van der Waals surface area contributed by atoms with E-state index in [0.717, 1.165) is 13.0 Å². The van der Waals surface area contributed by atoms with Gasteiger partial charge in [0.05, 0.1) is 19.8 Å². The van der Waals surface area contributed by atoms with Crippen LogP contribution in [-0.2, 0) is 9.53 Å². The second-order valence-corrected chi connectivity index (χ2v) is 5.52. The summed E-state index contributed by atoms with van der Waals surface area (Å²) in [7, 11) is 0. The standard InChI is InChI=1S/C15H34N4O2.C2H6.3H2/c1-5-14(4)19(13(2)3)9-7-18-15(20)12-17-8-11-21-10-6-16;1-2;;;/h13-14,17H,5-12,16H2,1-4H3,(H,18,20);1-2H3;3*1H. The maximum atomic E-state index is 11.7. The zero-order chi connectivity index (χ0) is 18.1. The van der Waals surface area contributed by atoms with E-state index in [1.165, 1.54) is 0 Å². The van der Waals surface area contributed by atoms with Gasteiger partial charge in [-0.1, -0.05) is 20.8 Å². The van der Waals surface area contributed by atoms with Gasteiger partial charge in [0.2, 0.25) is 5.91 Å². The first kappa shape index (κ1) is 24.6. The number of hydrogen-bond acceptors (Lipinski definition) is 5.